The quantitative estimate of drug-likeness (QED) is 0.676. The average molecular weight is 264 g/mol. The summed E-state index contributed by atoms with van der Waals surface area (Å²) in [6, 6.07) is 9.43. The van der Waals surface area contributed by atoms with Crippen LogP contribution < -0.4 is 0 Å². The topological polar surface area (TPSA) is 41.6 Å². The van der Waals surface area contributed by atoms with Gasteiger partial charge < -0.3 is 4.98 Å². The van der Waals surface area contributed by atoms with Crippen molar-refractivity contribution in [2.45, 2.75) is 0 Å². The zero-order valence-electron chi connectivity index (χ0n) is 8.61. The molecule has 1 aromatic carbocycles. The maximum Gasteiger partial charge on any atom is 0.143 e. The molecule has 0 unspecified atom stereocenters. The van der Waals surface area contributed by atoms with Gasteiger partial charge in [-0.1, -0.05) is 35.3 Å². The van der Waals surface area contributed by atoms with E-state index in [0.717, 1.165) is 11.0 Å². The maximum atomic E-state index is 6.11. The second-order valence-corrected chi connectivity index (χ2v) is 4.33. The molecule has 84 valence electrons. The number of H-pyrrole nitrogens is 1. The Labute approximate surface area is 107 Å². The fourth-order valence-corrected chi connectivity index (χ4v) is 2.23. The van der Waals surface area contributed by atoms with Crippen LogP contribution in [0.3, 0.4) is 0 Å². The van der Waals surface area contributed by atoms with Crippen molar-refractivity contribution in [2.24, 2.45) is 0 Å². The molecule has 3 nitrogen and oxygen atoms in total. The standard InChI is InChI=1S/C12H7Cl2N3/c13-7-5-6-15-11(14)10(7)12-16-8-3-1-2-4-9(8)17-12/h1-6H,(H,16,17). The fraction of sp³-hybridized carbons (Fsp3) is 0. The number of aromatic nitrogens is 3. The van der Waals surface area contributed by atoms with Gasteiger partial charge in [-0.15, -0.1) is 0 Å². The zero-order valence-corrected chi connectivity index (χ0v) is 10.1. The van der Waals surface area contributed by atoms with Crippen LogP contribution in [0.4, 0.5) is 0 Å². The first-order valence-corrected chi connectivity index (χ1v) is 5.76. The summed E-state index contributed by atoms with van der Waals surface area (Å²) in [5.41, 5.74) is 2.45. The zero-order chi connectivity index (χ0) is 11.8. The van der Waals surface area contributed by atoms with Crippen molar-refractivity contribution in [3.63, 3.8) is 0 Å². The second kappa shape index (κ2) is 4.02. The Kier molecular flexibility index (Phi) is 2.50. The van der Waals surface area contributed by atoms with E-state index in [4.69, 9.17) is 23.2 Å². The molecule has 0 fully saturated rings. The summed E-state index contributed by atoms with van der Waals surface area (Å²) in [7, 11) is 0. The van der Waals surface area contributed by atoms with E-state index < -0.39 is 0 Å². The summed E-state index contributed by atoms with van der Waals surface area (Å²) in [4.78, 5) is 11.6. The van der Waals surface area contributed by atoms with Gasteiger partial charge in [-0.2, -0.15) is 0 Å². The number of halogens is 2. The second-order valence-electron chi connectivity index (χ2n) is 3.56. The van der Waals surface area contributed by atoms with E-state index in [9.17, 15) is 0 Å². The van der Waals surface area contributed by atoms with Gasteiger partial charge in [0.2, 0.25) is 0 Å². The van der Waals surface area contributed by atoms with Gasteiger partial charge in [-0.3, -0.25) is 0 Å². The number of rotatable bonds is 1. The monoisotopic (exact) mass is 263 g/mol. The molecule has 0 saturated heterocycles. The smallest absolute Gasteiger partial charge is 0.143 e. The Balaban J connectivity index is 2.27. The number of imidazole rings is 1. The molecule has 0 bridgehead atoms. The number of para-hydroxylation sites is 2. The number of aromatic amines is 1. The molecule has 2 heterocycles. The van der Waals surface area contributed by atoms with Gasteiger partial charge in [0.1, 0.15) is 11.0 Å². The third-order valence-electron chi connectivity index (χ3n) is 2.48. The van der Waals surface area contributed by atoms with Crippen LogP contribution in [0.25, 0.3) is 22.4 Å². The molecule has 0 radical (unpaired) electrons. The molecular formula is C12H7Cl2N3. The highest BCUT2D eigenvalue weighted by atomic mass is 35.5. The van der Waals surface area contributed by atoms with Gasteiger partial charge in [-0.25, -0.2) is 9.97 Å². The highest BCUT2D eigenvalue weighted by Crippen LogP contribution is 2.32. The first-order valence-electron chi connectivity index (χ1n) is 5.01. The lowest BCUT2D eigenvalue weighted by Crippen LogP contribution is -1.86. The Hall–Kier alpha value is -1.58. The van der Waals surface area contributed by atoms with Crippen molar-refractivity contribution < 1.29 is 0 Å². The molecule has 0 amide bonds. The number of nitrogens with zero attached hydrogens (tertiary/aromatic N) is 2. The Morgan fingerprint density at radius 2 is 1.88 bits per heavy atom. The van der Waals surface area contributed by atoms with Crippen LogP contribution in [-0.2, 0) is 0 Å². The van der Waals surface area contributed by atoms with Crippen molar-refractivity contribution in [1.82, 2.24) is 15.0 Å². The van der Waals surface area contributed by atoms with E-state index in [1.54, 1.807) is 12.3 Å². The fourth-order valence-electron chi connectivity index (χ4n) is 1.70. The van der Waals surface area contributed by atoms with Gasteiger partial charge in [0.15, 0.2) is 0 Å². The molecule has 3 rings (SSSR count). The first-order chi connectivity index (χ1) is 8.25. The van der Waals surface area contributed by atoms with Gasteiger partial charge >= 0.3 is 0 Å². The van der Waals surface area contributed by atoms with E-state index >= 15 is 0 Å². The van der Waals surface area contributed by atoms with Crippen LogP contribution in [0, 0.1) is 0 Å². The van der Waals surface area contributed by atoms with Crippen molar-refractivity contribution in [3.8, 4) is 11.4 Å². The van der Waals surface area contributed by atoms with Crippen LogP contribution in [0.15, 0.2) is 36.5 Å². The SMILES string of the molecule is Clc1ccnc(Cl)c1-c1nc2ccccc2[nH]1. The van der Waals surface area contributed by atoms with Crippen LogP contribution in [0.2, 0.25) is 10.2 Å². The van der Waals surface area contributed by atoms with Gasteiger partial charge in [0.05, 0.1) is 21.6 Å². The van der Waals surface area contributed by atoms with E-state index in [0.29, 0.717) is 21.6 Å². The van der Waals surface area contributed by atoms with Gasteiger partial charge in [-0.05, 0) is 18.2 Å². The Bertz CT molecular complexity index is 638. The van der Waals surface area contributed by atoms with Crippen LogP contribution in [-0.4, -0.2) is 15.0 Å². The van der Waals surface area contributed by atoms with Crippen molar-refractivity contribution >= 4 is 34.2 Å². The molecular weight excluding hydrogens is 257 g/mol. The Morgan fingerprint density at radius 3 is 2.65 bits per heavy atom. The molecule has 3 aromatic rings. The summed E-state index contributed by atoms with van der Waals surface area (Å²) in [5.74, 6) is 0.634. The lowest BCUT2D eigenvalue weighted by Gasteiger charge is -2.01. The minimum absolute atomic E-state index is 0.344. The molecule has 0 aliphatic heterocycles. The molecule has 0 spiro atoms. The molecule has 0 aliphatic rings. The van der Waals surface area contributed by atoms with Gasteiger partial charge in [0, 0.05) is 6.20 Å². The minimum atomic E-state index is 0.344. The normalized spacial score (nSPS) is 10.9. The van der Waals surface area contributed by atoms with Crippen LogP contribution in [0.1, 0.15) is 0 Å². The third kappa shape index (κ3) is 1.77. The highest BCUT2D eigenvalue weighted by Gasteiger charge is 2.13. The molecule has 5 heteroatoms. The summed E-state index contributed by atoms with van der Waals surface area (Å²) >= 11 is 12.1. The lowest BCUT2D eigenvalue weighted by atomic mass is 10.3. The summed E-state index contributed by atoms with van der Waals surface area (Å²) < 4.78 is 0. The van der Waals surface area contributed by atoms with E-state index in [2.05, 4.69) is 15.0 Å². The molecule has 0 aliphatic carbocycles. The summed E-state index contributed by atoms with van der Waals surface area (Å²) in [6.45, 7) is 0. The Morgan fingerprint density at radius 1 is 1.06 bits per heavy atom. The summed E-state index contributed by atoms with van der Waals surface area (Å²) in [6.07, 6.45) is 1.57. The number of pyridine rings is 1. The van der Waals surface area contributed by atoms with E-state index in [1.807, 2.05) is 24.3 Å². The van der Waals surface area contributed by atoms with E-state index in [1.165, 1.54) is 0 Å². The largest absolute Gasteiger partial charge is 0.338 e. The predicted octanol–water partition coefficient (Wildman–Crippen LogP) is 3.93. The van der Waals surface area contributed by atoms with Crippen LogP contribution in [0.5, 0.6) is 0 Å². The van der Waals surface area contributed by atoms with Crippen molar-refractivity contribution in [1.29, 1.82) is 0 Å². The third-order valence-corrected chi connectivity index (χ3v) is 3.08. The molecule has 2 aromatic heterocycles. The highest BCUT2D eigenvalue weighted by molar-refractivity contribution is 6.38. The number of benzene rings is 1. The summed E-state index contributed by atoms with van der Waals surface area (Å²) in [5, 5.41) is 0.876. The number of nitrogens with one attached hydrogen (secondary N) is 1. The average Bonchev–Trinajstić information content (AvgIpc) is 2.71. The lowest BCUT2D eigenvalue weighted by molar-refractivity contribution is 1.27. The van der Waals surface area contributed by atoms with E-state index in [-0.39, 0.29) is 0 Å². The molecule has 0 saturated carbocycles. The number of hydrogen-bond donors (Lipinski definition) is 1. The molecule has 17 heavy (non-hydrogen) atoms. The minimum Gasteiger partial charge on any atom is -0.338 e. The first kappa shape index (κ1) is 10.6. The van der Waals surface area contributed by atoms with Gasteiger partial charge in [0.25, 0.3) is 0 Å². The van der Waals surface area contributed by atoms with Crippen molar-refractivity contribution in [3.05, 3.63) is 46.7 Å². The predicted molar refractivity (Wildman–Crippen MR) is 69.3 cm³/mol. The van der Waals surface area contributed by atoms with Crippen LogP contribution >= 0.6 is 23.2 Å². The number of hydrogen-bond acceptors (Lipinski definition) is 2. The number of fused-ring (bicyclic) bond motifs is 1. The maximum absolute atomic E-state index is 6.11. The van der Waals surface area contributed by atoms with Crippen molar-refractivity contribution in [2.75, 3.05) is 0 Å². The molecule has 1 N–H and O–H groups in total. The molecule has 0 atom stereocenters.